The summed E-state index contributed by atoms with van der Waals surface area (Å²) in [5, 5.41) is 23.6. The fourth-order valence-electron chi connectivity index (χ4n) is 2.83. The molecule has 1 amide bonds. The summed E-state index contributed by atoms with van der Waals surface area (Å²) in [6.45, 7) is 1.39. The molecule has 7 nitrogen and oxygen atoms in total. The van der Waals surface area contributed by atoms with E-state index < -0.39 is 23.5 Å². The summed E-state index contributed by atoms with van der Waals surface area (Å²) in [6.07, 6.45) is 2.77. The summed E-state index contributed by atoms with van der Waals surface area (Å²) >= 11 is 1.73. The number of thiophene rings is 2. The Morgan fingerprint density at radius 1 is 1.13 bits per heavy atom. The highest BCUT2D eigenvalue weighted by Gasteiger charge is 2.26. The van der Waals surface area contributed by atoms with E-state index in [0.717, 1.165) is 22.7 Å². The minimum absolute atomic E-state index is 0.0434. The zero-order valence-electron chi connectivity index (χ0n) is 15.1. The number of aryl methyl sites for hydroxylation is 1. The Labute approximate surface area is 175 Å². The zero-order chi connectivity index (χ0) is 21.6. The van der Waals surface area contributed by atoms with Gasteiger partial charge < -0.3 is 15.5 Å². The molecule has 0 atom stereocenters. The van der Waals surface area contributed by atoms with Gasteiger partial charge in [0.1, 0.15) is 20.8 Å². The molecule has 0 saturated heterocycles. The molecule has 152 valence electrons. The molecule has 3 heterocycles. The highest BCUT2D eigenvalue weighted by molar-refractivity contribution is 7.21. The molecule has 0 spiro atoms. The molecule has 0 radical (unpaired) electrons. The van der Waals surface area contributed by atoms with E-state index in [4.69, 9.17) is 0 Å². The average molecular weight is 447 g/mol. The molecule has 30 heavy (non-hydrogen) atoms. The molecule has 0 saturated carbocycles. The molecule has 0 unspecified atom stereocenters. The maximum atomic E-state index is 14.4. The average Bonchev–Trinajstić information content (AvgIpc) is 3.28. The van der Waals surface area contributed by atoms with E-state index in [-0.39, 0.29) is 43.4 Å². The van der Waals surface area contributed by atoms with E-state index in [1.807, 2.05) is 0 Å². The third-order valence-electron chi connectivity index (χ3n) is 4.28. The van der Waals surface area contributed by atoms with Crippen LogP contribution in [0.15, 0.2) is 29.9 Å². The fraction of sp³-hybridized carbons (Fsp3) is 0.0526. The van der Waals surface area contributed by atoms with Crippen LogP contribution in [0.1, 0.15) is 25.6 Å². The van der Waals surface area contributed by atoms with Crippen molar-refractivity contribution in [3.05, 3.63) is 57.5 Å². The van der Waals surface area contributed by atoms with E-state index in [9.17, 15) is 28.6 Å². The monoisotopic (exact) mass is 447 g/mol. The van der Waals surface area contributed by atoms with Crippen molar-refractivity contribution in [2.45, 2.75) is 6.92 Å². The number of carbonyl (C=O) groups excluding carboxylic acids is 1. The summed E-state index contributed by atoms with van der Waals surface area (Å²) in [5.74, 6) is -4.82. The maximum absolute atomic E-state index is 14.4. The van der Waals surface area contributed by atoms with Gasteiger partial charge in [-0.25, -0.2) is 23.5 Å². The third kappa shape index (κ3) is 3.17. The van der Waals surface area contributed by atoms with E-state index >= 15 is 0 Å². The van der Waals surface area contributed by atoms with Crippen LogP contribution in [0.4, 0.5) is 14.5 Å². The summed E-state index contributed by atoms with van der Waals surface area (Å²) in [5.41, 5.74) is -0.480. The summed E-state index contributed by atoms with van der Waals surface area (Å²) in [6, 6.07) is 2.62. The predicted molar refractivity (Wildman–Crippen MR) is 108 cm³/mol. The van der Waals surface area contributed by atoms with Crippen molar-refractivity contribution < 1.29 is 28.6 Å². The van der Waals surface area contributed by atoms with E-state index in [1.165, 1.54) is 36.8 Å². The normalized spacial score (nSPS) is 11.0. The molecular weight excluding hydrogens is 436 g/mol. The third-order valence-corrected chi connectivity index (χ3v) is 6.37. The lowest BCUT2D eigenvalue weighted by atomic mass is 10.1. The Hall–Kier alpha value is -3.44. The van der Waals surface area contributed by atoms with Crippen molar-refractivity contribution in [3.63, 3.8) is 0 Å². The summed E-state index contributed by atoms with van der Waals surface area (Å²) in [4.78, 5) is 32.6. The van der Waals surface area contributed by atoms with E-state index in [2.05, 4.69) is 15.3 Å². The van der Waals surface area contributed by atoms with Crippen LogP contribution in [0.3, 0.4) is 0 Å². The molecule has 4 rings (SSSR count). The van der Waals surface area contributed by atoms with Gasteiger partial charge in [-0.3, -0.25) is 4.79 Å². The fourth-order valence-corrected chi connectivity index (χ4v) is 4.73. The lowest BCUT2D eigenvalue weighted by Crippen LogP contribution is -2.13. The molecule has 0 fully saturated rings. The second-order valence-electron chi connectivity index (χ2n) is 6.16. The number of amides is 1. The molecule has 4 aromatic rings. The Morgan fingerprint density at radius 2 is 1.87 bits per heavy atom. The lowest BCUT2D eigenvalue weighted by Gasteiger charge is -2.07. The minimum Gasteiger partial charge on any atom is -0.504 e. The highest BCUT2D eigenvalue weighted by Crippen LogP contribution is 2.40. The number of carboxylic acids is 1. The van der Waals surface area contributed by atoms with Gasteiger partial charge in [-0.1, -0.05) is 12.1 Å². The number of anilines is 1. The van der Waals surface area contributed by atoms with Crippen molar-refractivity contribution in [1.82, 2.24) is 9.97 Å². The smallest absolute Gasteiger partial charge is 0.339 e. The van der Waals surface area contributed by atoms with Crippen LogP contribution in [0.5, 0.6) is 5.75 Å². The van der Waals surface area contributed by atoms with Gasteiger partial charge in [0.15, 0.2) is 17.4 Å². The first-order chi connectivity index (χ1) is 14.3. The van der Waals surface area contributed by atoms with Crippen LogP contribution in [0.25, 0.3) is 20.8 Å². The number of rotatable bonds is 4. The highest BCUT2D eigenvalue weighted by atomic mass is 32.1. The molecular formula is C19H11F2N3O4S2. The maximum Gasteiger partial charge on any atom is 0.339 e. The van der Waals surface area contributed by atoms with Crippen LogP contribution < -0.4 is 5.32 Å². The molecule has 0 aliphatic carbocycles. The van der Waals surface area contributed by atoms with Gasteiger partial charge in [0, 0.05) is 23.3 Å². The number of halogens is 2. The molecule has 0 aliphatic heterocycles. The van der Waals surface area contributed by atoms with Crippen molar-refractivity contribution >= 4 is 50.6 Å². The van der Waals surface area contributed by atoms with Gasteiger partial charge in [-0.15, -0.1) is 22.7 Å². The standard InChI is InChI=1S/C19H11F2N3O4S2/c1-7-2-3-8(12(21)11(7)20)15-10(19(27)28)9(6-29-15)24-17(26)16-14(25)13-18(30-16)23-5-4-22-13/h2-6,25H,1H3,(H,24,26)(H,27,28). The molecule has 11 heteroatoms. The second kappa shape index (κ2) is 7.43. The van der Waals surface area contributed by atoms with Gasteiger partial charge >= 0.3 is 5.97 Å². The number of nitrogens with zero attached hydrogens (tertiary/aromatic N) is 2. The second-order valence-corrected chi connectivity index (χ2v) is 8.04. The van der Waals surface area contributed by atoms with Crippen molar-refractivity contribution in [2.24, 2.45) is 0 Å². The number of aromatic nitrogens is 2. The number of carboxylic acid groups (broad SMARTS) is 1. The zero-order valence-corrected chi connectivity index (χ0v) is 16.7. The number of hydrogen-bond donors (Lipinski definition) is 3. The Balaban J connectivity index is 1.75. The first kappa shape index (κ1) is 19.9. The van der Waals surface area contributed by atoms with E-state index in [0.29, 0.717) is 4.83 Å². The SMILES string of the molecule is Cc1ccc(-c2scc(NC(=O)c3sc4nccnc4c3O)c2C(=O)O)c(F)c1F. The molecule has 3 N–H and O–H groups in total. The van der Waals surface area contributed by atoms with E-state index in [1.54, 1.807) is 0 Å². The van der Waals surface area contributed by atoms with Crippen molar-refractivity contribution in [2.75, 3.05) is 5.32 Å². The first-order valence-corrected chi connectivity index (χ1v) is 10.0. The van der Waals surface area contributed by atoms with Crippen LogP contribution in [-0.2, 0) is 0 Å². The quantitative estimate of drug-likeness (QED) is 0.419. The Kier molecular flexibility index (Phi) is 4.92. The molecule has 0 aliphatic rings. The first-order valence-electron chi connectivity index (χ1n) is 8.33. The largest absolute Gasteiger partial charge is 0.504 e. The predicted octanol–water partition coefficient (Wildman–Crippen LogP) is 4.66. The van der Waals surface area contributed by atoms with Gasteiger partial charge in [0.25, 0.3) is 5.91 Å². The van der Waals surface area contributed by atoms with Gasteiger partial charge in [0.05, 0.1) is 10.6 Å². The van der Waals surface area contributed by atoms with Crippen molar-refractivity contribution in [1.29, 1.82) is 0 Å². The Bertz CT molecular complexity index is 1330. The number of aromatic carboxylic acids is 1. The molecule has 0 bridgehead atoms. The van der Waals surface area contributed by atoms with Gasteiger partial charge in [-0.2, -0.15) is 0 Å². The molecule has 3 aromatic heterocycles. The number of hydrogen-bond acceptors (Lipinski definition) is 7. The summed E-state index contributed by atoms with van der Waals surface area (Å²) < 4.78 is 28.4. The van der Waals surface area contributed by atoms with Crippen molar-refractivity contribution in [3.8, 4) is 16.2 Å². The van der Waals surface area contributed by atoms with Crippen LogP contribution in [-0.4, -0.2) is 32.1 Å². The molecule has 1 aromatic carbocycles. The topological polar surface area (TPSA) is 112 Å². The summed E-state index contributed by atoms with van der Waals surface area (Å²) in [7, 11) is 0. The minimum atomic E-state index is -1.43. The van der Waals surface area contributed by atoms with Gasteiger partial charge in [0.2, 0.25) is 0 Å². The number of carbonyl (C=O) groups is 2. The van der Waals surface area contributed by atoms with Crippen LogP contribution in [0, 0.1) is 18.6 Å². The number of benzene rings is 1. The van der Waals surface area contributed by atoms with Crippen LogP contribution in [0.2, 0.25) is 0 Å². The lowest BCUT2D eigenvalue weighted by molar-refractivity contribution is 0.0699. The number of fused-ring (bicyclic) bond motifs is 1. The number of nitrogens with one attached hydrogen (secondary N) is 1. The van der Waals surface area contributed by atoms with Gasteiger partial charge in [-0.05, 0) is 12.5 Å². The number of aromatic hydroxyl groups is 1. The Morgan fingerprint density at radius 3 is 2.57 bits per heavy atom. The van der Waals surface area contributed by atoms with Crippen LogP contribution >= 0.6 is 22.7 Å².